The van der Waals surface area contributed by atoms with E-state index in [0.29, 0.717) is 0 Å². The van der Waals surface area contributed by atoms with Crippen LogP contribution in [-0.2, 0) is 15.7 Å². The molecule has 0 amide bonds. The minimum Gasteiger partial charge on any atom is -0.495 e. The fourth-order valence-electron chi connectivity index (χ4n) is 2.30. The summed E-state index contributed by atoms with van der Waals surface area (Å²) >= 11 is 0. The molecule has 1 heterocycles. The van der Waals surface area contributed by atoms with Gasteiger partial charge in [-0.2, -0.15) is 13.2 Å². The van der Waals surface area contributed by atoms with Gasteiger partial charge in [-0.05, 0) is 6.07 Å². The van der Waals surface area contributed by atoms with E-state index < -0.39 is 29.4 Å². The zero-order valence-electron chi connectivity index (χ0n) is 11.7. The quantitative estimate of drug-likeness (QED) is 0.868. The van der Waals surface area contributed by atoms with E-state index in [2.05, 4.69) is 6.58 Å². The van der Waals surface area contributed by atoms with Crippen molar-refractivity contribution in [3.63, 3.8) is 0 Å². The van der Waals surface area contributed by atoms with E-state index in [0.717, 1.165) is 13.2 Å². The van der Waals surface area contributed by atoms with Crippen molar-refractivity contribution in [1.82, 2.24) is 0 Å². The minimum atomic E-state index is -4.61. The number of ketones is 1. The summed E-state index contributed by atoms with van der Waals surface area (Å²) in [5, 5.41) is 0. The normalized spacial score (nSPS) is 18.4. The first-order valence-electron chi connectivity index (χ1n) is 6.37. The molecule has 0 saturated carbocycles. The number of alkyl halides is 3. The predicted octanol–water partition coefficient (Wildman–Crippen LogP) is 2.89. The van der Waals surface area contributed by atoms with Gasteiger partial charge >= 0.3 is 6.18 Å². The van der Waals surface area contributed by atoms with Crippen LogP contribution >= 0.6 is 0 Å². The molecule has 22 heavy (non-hydrogen) atoms. The van der Waals surface area contributed by atoms with Gasteiger partial charge in [0, 0.05) is 12.0 Å². The number of hydrogen-bond acceptors (Lipinski definition) is 4. The van der Waals surface area contributed by atoms with Crippen LogP contribution in [0.2, 0.25) is 0 Å². The third kappa shape index (κ3) is 2.66. The van der Waals surface area contributed by atoms with E-state index >= 15 is 0 Å². The van der Waals surface area contributed by atoms with Crippen molar-refractivity contribution in [2.75, 3.05) is 7.11 Å². The van der Waals surface area contributed by atoms with Gasteiger partial charge in [0.15, 0.2) is 12.0 Å². The van der Waals surface area contributed by atoms with E-state index in [1.165, 1.54) is 18.2 Å². The highest BCUT2D eigenvalue weighted by Crippen LogP contribution is 2.42. The van der Waals surface area contributed by atoms with Crippen LogP contribution in [-0.4, -0.2) is 19.0 Å². The maximum atomic E-state index is 13.0. The van der Waals surface area contributed by atoms with Gasteiger partial charge in [0.25, 0.3) is 0 Å². The third-order valence-corrected chi connectivity index (χ3v) is 3.23. The summed E-state index contributed by atoms with van der Waals surface area (Å²) in [5.41, 5.74) is 4.55. The van der Waals surface area contributed by atoms with Gasteiger partial charge in [-0.15, -0.1) is 6.58 Å². The molecule has 1 unspecified atom stereocenters. The number of para-hydroxylation sites is 1. The number of carbonyl (C=O) groups is 1. The molecule has 1 aliphatic rings. The molecule has 1 aromatic carbocycles. The van der Waals surface area contributed by atoms with Crippen molar-refractivity contribution in [3.8, 4) is 5.75 Å². The van der Waals surface area contributed by atoms with E-state index in [-0.39, 0.29) is 23.4 Å². The van der Waals surface area contributed by atoms with Gasteiger partial charge in [0.05, 0.1) is 18.2 Å². The number of rotatable bonds is 4. The number of ether oxygens (including phenoxy) is 2. The lowest BCUT2D eigenvalue weighted by Crippen LogP contribution is -2.17. The highest BCUT2D eigenvalue weighted by atomic mass is 19.4. The van der Waals surface area contributed by atoms with E-state index in [4.69, 9.17) is 15.2 Å². The van der Waals surface area contributed by atoms with Crippen LogP contribution in [0.25, 0.3) is 5.57 Å². The Hall–Kier alpha value is -2.44. The van der Waals surface area contributed by atoms with E-state index in [1.807, 2.05) is 0 Å². The second-order valence-electron chi connectivity index (χ2n) is 4.62. The Labute approximate surface area is 125 Å². The van der Waals surface area contributed by atoms with Gasteiger partial charge in [-0.25, -0.2) is 0 Å². The average Bonchev–Trinajstić information content (AvgIpc) is 2.72. The van der Waals surface area contributed by atoms with Crippen LogP contribution in [0.5, 0.6) is 5.75 Å². The van der Waals surface area contributed by atoms with Crippen LogP contribution < -0.4 is 10.5 Å². The summed E-state index contributed by atoms with van der Waals surface area (Å²) in [6.07, 6.45) is -3.79. The molecule has 2 rings (SSSR count). The zero-order valence-corrected chi connectivity index (χ0v) is 11.7. The summed E-state index contributed by atoms with van der Waals surface area (Å²) < 4.78 is 49.2. The van der Waals surface area contributed by atoms with Gasteiger partial charge in [0.1, 0.15) is 5.75 Å². The Morgan fingerprint density at radius 3 is 2.68 bits per heavy atom. The molecule has 0 saturated heterocycles. The number of halogens is 3. The van der Waals surface area contributed by atoms with Crippen molar-refractivity contribution in [2.45, 2.75) is 18.7 Å². The number of nitrogens with two attached hydrogens (primary N) is 1. The standard InChI is InChI=1S/C15H14F3NO3/c1-3-5-10-12(20)11(14(19)22-10)8-6-4-7-9(13(8)21-2)15(16,17)18/h3-4,6-7,10H,1,5,19H2,2H3. The summed E-state index contributed by atoms with van der Waals surface area (Å²) in [6, 6.07) is 3.41. The smallest absolute Gasteiger partial charge is 0.419 e. The lowest BCUT2D eigenvalue weighted by atomic mass is 9.96. The lowest BCUT2D eigenvalue weighted by Gasteiger charge is -2.15. The number of methoxy groups -OCH3 is 1. The van der Waals surface area contributed by atoms with Crippen molar-refractivity contribution in [2.24, 2.45) is 5.73 Å². The fraction of sp³-hybridized carbons (Fsp3) is 0.267. The van der Waals surface area contributed by atoms with Crippen molar-refractivity contribution >= 4 is 11.4 Å². The van der Waals surface area contributed by atoms with Crippen LogP contribution in [0, 0.1) is 0 Å². The maximum absolute atomic E-state index is 13.0. The summed E-state index contributed by atoms with van der Waals surface area (Å²) in [4.78, 5) is 12.3. The van der Waals surface area contributed by atoms with Crippen molar-refractivity contribution in [1.29, 1.82) is 0 Å². The number of Topliss-reactive ketones (excluding diaryl/α,β-unsaturated/α-hetero) is 1. The van der Waals surface area contributed by atoms with Crippen molar-refractivity contribution < 1.29 is 27.4 Å². The van der Waals surface area contributed by atoms with Crippen LogP contribution in [0.4, 0.5) is 13.2 Å². The largest absolute Gasteiger partial charge is 0.495 e. The van der Waals surface area contributed by atoms with Crippen LogP contribution in [0.3, 0.4) is 0 Å². The Bertz CT molecular complexity index is 650. The molecule has 0 aromatic heterocycles. The van der Waals surface area contributed by atoms with Crippen molar-refractivity contribution in [3.05, 3.63) is 47.9 Å². The minimum absolute atomic E-state index is 0.0358. The first-order chi connectivity index (χ1) is 10.3. The van der Waals surface area contributed by atoms with Gasteiger partial charge < -0.3 is 15.2 Å². The highest BCUT2D eigenvalue weighted by Gasteiger charge is 2.39. The second-order valence-corrected chi connectivity index (χ2v) is 4.62. The predicted molar refractivity (Wildman–Crippen MR) is 73.8 cm³/mol. The van der Waals surface area contributed by atoms with E-state index in [1.54, 1.807) is 0 Å². The molecule has 0 fully saturated rings. The highest BCUT2D eigenvalue weighted by molar-refractivity contribution is 6.25. The maximum Gasteiger partial charge on any atom is 0.419 e. The third-order valence-electron chi connectivity index (χ3n) is 3.23. The molecule has 1 aliphatic heterocycles. The molecule has 0 spiro atoms. The molecule has 0 radical (unpaired) electrons. The molecule has 4 nitrogen and oxygen atoms in total. The van der Waals surface area contributed by atoms with Gasteiger partial charge in [-0.1, -0.05) is 18.2 Å². The van der Waals surface area contributed by atoms with Crippen LogP contribution in [0.1, 0.15) is 17.5 Å². The van der Waals surface area contributed by atoms with Crippen LogP contribution in [0.15, 0.2) is 36.7 Å². The van der Waals surface area contributed by atoms with Gasteiger partial charge in [0.2, 0.25) is 5.78 Å². The van der Waals surface area contributed by atoms with Gasteiger partial charge in [-0.3, -0.25) is 4.79 Å². The molecular formula is C15H14F3NO3. The number of carbonyl (C=O) groups excluding carboxylic acids is 1. The molecular weight excluding hydrogens is 299 g/mol. The summed E-state index contributed by atoms with van der Waals surface area (Å²) in [7, 11) is 1.10. The van der Waals surface area contributed by atoms with E-state index in [9.17, 15) is 18.0 Å². The molecule has 1 aromatic rings. The number of hydrogen-bond donors (Lipinski definition) is 1. The average molecular weight is 313 g/mol. The Morgan fingerprint density at radius 1 is 1.45 bits per heavy atom. The summed E-state index contributed by atoms with van der Waals surface area (Å²) in [5.74, 6) is -1.16. The molecule has 2 N–H and O–H groups in total. The molecule has 1 atom stereocenters. The SMILES string of the molecule is C=CCC1OC(N)=C(c2cccc(C(F)(F)F)c2OC)C1=O. The Balaban J connectivity index is 2.56. The topological polar surface area (TPSA) is 61.6 Å². The summed E-state index contributed by atoms with van der Waals surface area (Å²) in [6.45, 7) is 3.50. The molecule has 0 bridgehead atoms. The fourth-order valence-corrected chi connectivity index (χ4v) is 2.30. The first-order valence-corrected chi connectivity index (χ1v) is 6.37. The Morgan fingerprint density at radius 2 is 2.14 bits per heavy atom. The first kappa shape index (κ1) is 15.9. The lowest BCUT2D eigenvalue weighted by molar-refractivity contribution is -0.138. The molecule has 0 aliphatic carbocycles. The monoisotopic (exact) mass is 313 g/mol. The molecule has 118 valence electrons. The molecule has 7 heteroatoms. The number of benzene rings is 1. The zero-order chi connectivity index (χ0) is 16.5. The Kier molecular flexibility index (Phi) is 4.16. The second kappa shape index (κ2) is 5.75.